The molecule has 0 spiro atoms. The van der Waals surface area contributed by atoms with Gasteiger partial charge in [0, 0.05) is 15.4 Å². The SMILES string of the molecule is Cc1cc(C)cc(N(C(=O)C(F)Cl)c2nc(-c3ccc(Br)cc3)cs2)c1. The lowest BCUT2D eigenvalue weighted by Crippen LogP contribution is -2.31. The number of carbonyl (C=O) groups excluding carboxylic acids is 1. The van der Waals surface area contributed by atoms with Gasteiger partial charge in [0.25, 0.3) is 11.5 Å². The Morgan fingerprint density at radius 1 is 1.19 bits per heavy atom. The summed E-state index contributed by atoms with van der Waals surface area (Å²) < 4.78 is 14.6. The van der Waals surface area contributed by atoms with E-state index in [1.54, 1.807) is 0 Å². The zero-order chi connectivity index (χ0) is 18.8. The van der Waals surface area contributed by atoms with Gasteiger partial charge < -0.3 is 0 Å². The third-order valence-electron chi connectivity index (χ3n) is 3.70. The maximum absolute atomic E-state index is 13.6. The summed E-state index contributed by atoms with van der Waals surface area (Å²) in [6.45, 7) is 3.84. The summed E-state index contributed by atoms with van der Waals surface area (Å²) in [6, 6.07) is 13.3. The number of alkyl halides is 2. The molecule has 0 saturated carbocycles. The third kappa shape index (κ3) is 4.14. The van der Waals surface area contributed by atoms with Crippen LogP contribution in [0.25, 0.3) is 11.3 Å². The van der Waals surface area contributed by atoms with Crippen LogP contribution in [0.15, 0.2) is 52.3 Å². The van der Waals surface area contributed by atoms with Crippen molar-refractivity contribution in [2.45, 2.75) is 19.5 Å². The van der Waals surface area contributed by atoms with Crippen LogP contribution in [0.3, 0.4) is 0 Å². The molecule has 3 nitrogen and oxygen atoms in total. The number of hydrogen-bond donors (Lipinski definition) is 0. The Morgan fingerprint density at radius 3 is 2.38 bits per heavy atom. The second-order valence-corrected chi connectivity index (χ2v) is 7.98. The van der Waals surface area contributed by atoms with Crippen LogP contribution in [0.5, 0.6) is 0 Å². The predicted octanol–water partition coefficient (Wildman–Crippen LogP) is 6.39. The fourth-order valence-corrected chi connectivity index (χ4v) is 3.85. The summed E-state index contributed by atoms with van der Waals surface area (Å²) in [5.41, 5.74) is 1.96. The molecule has 1 unspecified atom stereocenters. The van der Waals surface area contributed by atoms with E-state index in [9.17, 15) is 9.18 Å². The lowest BCUT2D eigenvalue weighted by Gasteiger charge is -2.21. The Labute approximate surface area is 168 Å². The molecule has 0 aliphatic carbocycles. The van der Waals surface area contributed by atoms with E-state index >= 15 is 0 Å². The largest absolute Gasteiger partial charge is 0.283 e. The Bertz CT molecular complexity index is 923. The van der Waals surface area contributed by atoms with Gasteiger partial charge in [-0.3, -0.25) is 9.69 Å². The molecule has 134 valence electrons. The van der Waals surface area contributed by atoms with E-state index in [2.05, 4.69) is 20.9 Å². The number of hydrogen-bond acceptors (Lipinski definition) is 3. The molecule has 1 aromatic heterocycles. The molecule has 1 atom stereocenters. The van der Waals surface area contributed by atoms with E-state index < -0.39 is 11.5 Å². The van der Waals surface area contributed by atoms with Gasteiger partial charge in [0.05, 0.1) is 11.4 Å². The normalized spacial score (nSPS) is 12.0. The summed E-state index contributed by atoms with van der Waals surface area (Å²) >= 11 is 10.1. The van der Waals surface area contributed by atoms with E-state index in [1.165, 1.54) is 16.2 Å². The Kier molecular flexibility index (Phi) is 5.75. The molecule has 0 radical (unpaired) electrons. The molecule has 0 saturated heterocycles. The zero-order valence-corrected chi connectivity index (χ0v) is 17.2. The van der Waals surface area contributed by atoms with Crippen LogP contribution in [-0.2, 0) is 4.79 Å². The van der Waals surface area contributed by atoms with Crippen LogP contribution in [0, 0.1) is 13.8 Å². The van der Waals surface area contributed by atoms with E-state index in [1.807, 2.05) is 61.7 Å². The minimum absolute atomic E-state index is 0.376. The first-order chi connectivity index (χ1) is 12.3. The Hall–Kier alpha value is -1.76. The maximum Gasteiger partial charge on any atom is 0.283 e. The molecular formula is C19H15BrClFN2OS. The van der Waals surface area contributed by atoms with Gasteiger partial charge in [-0.2, -0.15) is 0 Å². The summed E-state index contributed by atoms with van der Waals surface area (Å²) in [5, 5.41) is 2.21. The molecule has 0 bridgehead atoms. The molecule has 26 heavy (non-hydrogen) atoms. The second kappa shape index (κ2) is 7.86. The molecule has 2 aromatic carbocycles. The number of rotatable bonds is 4. The van der Waals surface area contributed by atoms with Gasteiger partial charge in [-0.05, 0) is 49.2 Å². The van der Waals surface area contributed by atoms with Crippen molar-refractivity contribution in [3.8, 4) is 11.3 Å². The van der Waals surface area contributed by atoms with Crippen molar-refractivity contribution in [3.63, 3.8) is 0 Å². The van der Waals surface area contributed by atoms with E-state index in [0.717, 1.165) is 21.2 Å². The van der Waals surface area contributed by atoms with Crippen molar-refractivity contribution in [2.24, 2.45) is 0 Å². The van der Waals surface area contributed by atoms with Crippen LogP contribution in [0.2, 0.25) is 0 Å². The highest BCUT2D eigenvalue weighted by Crippen LogP contribution is 2.34. The number of amides is 1. The molecule has 1 amide bonds. The third-order valence-corrected chi connectivity index (χ3v) is 5.24. The smallest absolute Gasteiger partial charge is 0.269 e. The molecule has 0 fully saturated rings. The van der Waals surface area contributed by atoms with Crippen molar-refractivity contribution in [1.29, 1.82) is 0 Å². The van der Waals surface area contributed by atoms with Crippen molar-refractivity contribution < 1.29 is 9.18 Å². The second-order valence-electron chi connectivity index (χ2n) is 5.84. The van der Waals surface area contributed by atoms with Gasteiger partial charge in [0.1, 0.15) is 0 Å². The van der Waals surface area contributed by atoms with Crippen LogP contribution in [0.1, 0.15) is 11.1 Å². The number of thiazole rings is 1. The quantitative estimate of drug-likeness (QED) is 0.429. The molecule has 0 aliphatic rings. The van der Waals surface area contributed by atoms with Gasteiger partial charge in [-0.1, -0.05) is 45.7 Å². The Morgan fingerprint density at radius 2 is 1.81 bits per heavy atom. The molecule has 0 aliphatic heterocycles. The van der Waals surface area contributed by atoms with Gasteiger partial charge >= 0.3 is 0 Å². The average Bonchev–Trinajstić information content (AvgIpc) is 3.04. The number of halogens is 3. The van der Waals surface area contributed by atoms with Crippen molar-refractivity contribution in [1.82, 2.24) is 4.98 Å². The lowest BCUT2D eigenvalue weighted by atomic mass is 10.1. The number of aromatic nitrogens is 1. The first-order valence-corrected chi connectivity index (χ1v) is 9.88. The van der Waals surface area contributed by atoms with Gasteiger partial charge in [-0.25, -0.2) is 9.37 Å². The van der Waals surface area contributed by atoms with Gasteiger partial charge in [-0.15, -0.1) is 11.3 Å². The topological polar surface area (TPSA) is 33.2 Å². The first kappa shape index (κ1) is 19.0. The number of nitrogens with zero attached hydrogens (tertiary/aromatic N) is 2. The Balaban J connectivity index is 2.05. The number of aryl methyl sites for hydroxylation is 2. The highest BCUT2D eigenvalue weighted by molar-refractivity contribution is 9.10. The summed E-state index contributed by atoms with van der Waals surface area (Å²) in [6.07, 6.45) is 0. The van der Waals surface area contributed by atoms with Crippen molar-refractivity contribution >= 4 is 55.6 Å². The van der Waals surface area contributed by atoms with Gasteiger partial charge in [0.2, 0.25) is 0 Å². The van der Waals surface area contributed by atoms with Gasteiger partial charge in [0.15, 0.2) is 5.13 Å². The maximum atomic E-state index is 13.6. The summed E-state index contributed by atoms with van der Waals surface area (Å²) in [5.74, 6) is -0.853. The van der Waals surface area contributed by atoms with Crippen molar-refractivity contribution in [3.05, 3.63) is 63.4 Å². The molecule has 7 heteroatoms. The fourth-order valence-electron chi connectivity index (χ4n) is 2.63. The van der Waals surface area contributed by atoms with Crippen molar-refractivity contribution in [2.75, 3.05) is 4.90 Å². The minimum Gasteiger partial charge on any atom is -0.269 e. The number of anilines is 2. The summed E-state index contributed by atoms with van der Waals surface area (Å²) in [4.78, 5) is 18.2. The first-order valence-electron chi connectivity index (χ1n) is 7.77. The average molecular weight is 454 g/mol. The van der Waals surface area contributed by atoms with Crippen LogP contribution < -0.4 is 4.90 Å². The molecule has 3 rings (SSSR count). The molecular weight excluding hydrogens is 439 g/mol. The molecule has 1 heterocycles. The zero-order valence-electron chi connectivity index (χ0n) is 14.0. The van der Waals surface area contributed by atoms with E-state index in [-0.39, 0.29) is 0 Å². The predicted molar refractivity (Wildman–Crippen MR) is 109 cm³/mol. The molecule has 3 aromatic rings. The lowest BCUT2D eigenvalue weighted by molar-refractivity contribution is -0.120. The monoisotopic (exact) mass is 452 g/mol. The highest BCUT2D eigenvalue weighted by atomic mass is 79.9. The fraction of sp³-hybridized carbons (Fsp3) is 0.158. The highest BCUT2D eigenvalue weighted by Gasteiger charge is 2.27. The van der Waals surface area contributed by atoms with Crippen LogP contribution in [0.4, 0.5) is 15.2 Å². The van der Waals surface area contributed by atoms with Crippen LogP contribution in [-0.4, -0.2) is 16.5 Å². The van der Waals surface area contributed by atoms with E-state index in [0.29, 0.717) is 16.5 Å². The van der Waals surface area contributed by atoms with Crippen LogP contribution >= 0.6 is 38.9 Å². The van der Waals surface area contributed by atoms with E-state index in [4.69, 9.17) is 11.6 Å². The molecule has 0 N–H and O–H groups in total. The standard InChI is InChI=1S/C19H15BrClFN2OS/c1-11-7-12(2)9-15(8-11)24(18(25)17(21)22)19-23-16(10-26-19)13-3-5-14(20)6-4-13/h3-10,17H,1-2H3. The number of benzene rings is 2. The summed E-state index contributed by atoms with van der Waals surface area (Å²) in [7, 11) is 0. The number of carbonyl (C=O) groups is 1. The minimum atomic E-state index is -2.14.